The molecule has 1 aliphatic heterocycles. The highest BCUT2D eigenvalue weighted by Gasteiger charge is 2.39. The SMILES string of the molecule is O=C1C(=Cc2cc(Cl)c(OCc3ccc([N+](=O)[O-])cc3)c(Br)c2)SC(=NC2CCCCC2)N1C1CCCCC1. The van der Waals surface area contributed by atoms with Crippen molar-refractivity contribution in [2.75, 3.05) is 0 Å². The van der Waals surface area contributed by atoms with Crippen LogP contribution in [0.3, 0.4) is 0 Å². The summed E-state index contributed by atoms with van der Waals surface area (Å²) in [6.45, 7) is 0.211. The molecule has 1 heterocycles. The minimum absolute atomic E-state index is 0.0312. The molecule has 1 amide bonds. The van der Waals surface area contributed by atoms with Crippen LogP contribution in [0, 0.1) is 10.1 Å². The Labute approximate surface area is 246 Å². The lowest BCUT2D eigenvalue weighted by Gasteiger charge is -2.31. The van der Waals surface area contributed by atoms with Crippen LogP contribution in [0.1, 0.15) is 75.3 Å². The quantitative estimate of drug-likeness (QED) is 0.174. The lowest BCUT2D eigenvalue weighted by molar-refractivity contribution is -0.384. The third-order valence-electron chi connectivity index (χ3n) is 7.49. The Kier molecular flexibility index (Phi) is 9.30. The lowest BCUT2D eigenvalue weighted by Crippen LogP contribution is -2.41. The van der Waals surface area contributed by atoms with Gasteiger partial charge in [0.15, 0.2) is 10.9 Å². The first-order valence-electron chi connectivity index (χ1n) is 13.5. The molecule has 2 saturated carbocycles. The fraction of sp³-hybridized carbons (Fsp3) is 0.448. The molecular weight excluding hydrogens is 602 g/mol. The van der Waals surface area contributed by atoms with E-state index in [4.69, 9.17) is 21.3 Å². The van der Waals surface area contributed by atoms with E-state index in [1.165, 1.54) is 49.6 Å². The van der Waals surface area contributed by atoms with Gasteiger partial charge in [-0.1, -0.05) is 50.1 Å². The van der Waals surface area contributed by atoms with Gasteiger partial charge >= 0.3 is 0 Å². The van der Waals surface area contributed by atoms with Gasteiger partial charge in [0.05, 0.1) is 25.4 Å². The molecular formula is C29H31BrClN3O4S. The third kappa shape index (κ3) is 6.87. The normalized spacial score (nSPS) is 21.2. The summed E-state index contributed by atoms with van der Waals surface area (Å²) in [6.07, 6.45) is 13.4. The largest absolute Gasteiger partial charge is 0.486 e. The van der Waals surface area contributed by atoms with Crippen LogP contribution in [0.25, 0.3) is 6.08 Å². The van der Waals surface area contributed by atoms with E-state index in [0.717, 1.165) is 54.8 Å². The first-order chi connectivity index (χ1) is 18.9. The van der Waals surface area contributed by atoms with Gasteiger partial charge in [-0.05, 0) is 94.8 Å². The van der Waals surface area contributed by atoms with Crippen molar-refractivity contribution in [3.05, 3.63) is 72.0 Å². The van der Waals surface area contributed by atoms with E-state index in [1.807, 2.05) is 17.0 Å². The Balaban J connectivity index is 1.34. The number of nitro benzene ring substituents is 1. The number of benzene rings is 2. The van der Waals surface area contributed by atoms with Gasteiger partial charge in [-0.2, -0.15) is 0 Å². The van der Waals surface area contributed by atoms with Gasteiger partial charge in [-0.3, -0.25) is 24.8 Å². The van der Waals surface area contributed by atoms with Crippen LogP contribution in [0.5, 0.6) is 5.75 Å². The number of carbonyl (C=O) groups is 1. The highest BCUT2D eigenvalue weighted by Crippen LogP contribution is 2.40. The highest BCUT2D eigenvalue weighted by molar-refractivity contribution is 9.10. The zero-order chi connectivity index (χ0) is 27.4. The molecule has 10 heteroatoms. The third-order valence-corrected chi connectivity index (χ3v) is 9.36. The van der Waals surface area contributed by atoms with Gasteiger partial charge in [0.2, 0.25) is 0 Å². The van der Waals surface area contributed by atoms with Crippen molar-refractivity contribution in [1.29, 1.82) is 0 Å². The predicted molar refractivity (Wildman–Crippen MR) is 160 cm³/mol. The molecule has 0 radical (unpaired) electrons. The van der Waals surface area contributed by atoms with Crippen molar-refractivity contribution < 1.29 is 14.5 Å². The summed E-state index contributed by atoms with van der Waals surface area (Å²) < 4.78 is 6.60. The molecule has 7 nitrogen and oxygen atoms in total. The van der Waals surface area contributed by atoms with Gasteiger partial charge in [0.25, 0.3) is 11.6 Å². The number of hydrogen-bond acceptors (Lipinski definition) is 6. The summed E-state index contributed by atoms with van der Waals surface area (Å²) in [7, 11) is 0. The fourth-order valence-corrected chi connectivity index (χ4v) is 7.52. The van der Waals surface area contributed by atoms with Crippen molar-refractivity contribution in [3.8, 4) is 5.75 Å². The molecule has 1 saturated heterocycles. The number of halogens is 2. The standard InChI is InChI=1S/C29H31BrClN3O4S/c30-24-15-20(16-25(31)27(24)38-18-19-11-13-23(14-12-19)34(36)37)17-26-28(35)33(22-9-5-2-6-10-22)29(39-26)32-21-7-3-1-4-8-21/h11-17,21-22H,1-10,18H2. The maximum Gasteiger partial charge on any atom is 0.269 e. The van der Waals surface area contributed by atoms with Crippen molar-refractivity contribution in [2.24, 2.45) is 4.99 Å². The first kappa shape index (κ1) is 28.2. The molecule has 0 spiro atoms. The summed E-state index contributed by atoms with van der Waals surface area (Å²) in [5, 5.41) is 12.1. The number of nitrogens with zero attached hydrogens (tertiary/aromatic N) is 3. The van der Waals surface area contributed by atoms with E-state index in [2.05, 4.69) is 15.9 Å². The smallest absolute Gasteiger partial charge is 0.269 e. The number of non-ortho nitro benzene ring substituents is 1. The molecule has 3 aliphatic rings. The number of carbonyl (C=O) groups excluding carboxylic acids is 1. The van der Waals surface area contributed by atoms with Crippen LogP contribution in [-0.2, 0) is 11.4 Å². The number of ether oxygens (including phenoxy) is 1. The van der Waals surface area contributed by atoms with Crippen molar-refractivity contribution >= 4 is 62.1 Å². The summed E-state index contributed by atoms with van der Waals surface area (Å²) in [5.41, 5.74) is 1.62. The second-order valence-electron chi connectivity index (χ2n) is 10.3. The molecule has 0 N–H and O–H groups in total. The topological polar surface area (TPSA) is 85.0 Å². The maximum absolute atomic E-state index is 13.7. The summed E-state index contributed by atoms with van der Waals surface area (Å²) in [4.78, 5) is 31.9. The van der Waals surface area contributed by atoms with Crippen LogP contribution in [0.4, 0.5) is 5.69 Å². The number of amidine groups is 1. The van der Waals surface area contributed by atoms with E-state index in [1.54, 1.807) is 18.2 Å². The monoisotopic (exact) mass is 631 g/mol. The number of nitro groups is 1. The Hall–Kier alpha value is -2.36. The van der Waals surface area contributed by atoms with E-state index in [-0.39, 0.29) is 24.2 Å². The van der Waals surface area contributed by atoms with Crippen LogP contribution in [0.2, 0.25) is 5.02 Å². The fourth-order valence-electron chi connectivity index (χ4n) is 5.43. The van der Waals surface area contributed by atoms with Gasteiger partial charge < -0.3 is 4.74 Å². The minimum atomic E-state index is -0.433. The summed E-state index contributed by atoms with van der Waals surface area (Å²) >= 11 is 11.6. The number of hydrogen-bond donors (Lipinski definition) is 0. The predicted octanol–water partition coefficient (Wildman–Crippen LogP) is 8.53. The van der Waals surface area contributed by atoms with Crippen LogP contribution >= 0.6 is 39.3 Å². The molecule has 2 aromatic rings. The molecule has 3 fully saturated rings. The highest BCUT2D eigenvalue weighted by atomic mass is 79.9. The van der Waals surface area contributed by atoms with Gasteiger partial charge in [0, 0.05) is 18.2 Å². The Bertz CT molecular complexity index is 1260. The second kappa shape index (κ2) is 12.9. The van der Waals surface area contributed by atoms with Crippen molar-refractivity contribution in [2.45, 2.75) is 82.9 Å². The zero-order valence-electron chi connectivity index (χ0n) is 21.6. The zero-order valence-corrected chi connectivity index (χ0v) is 24.8. The molecule has 2 aliphatic carbocycles. The average molecular weight is 633 g/mol. The number of thioether (sulfide) groups is 1. The minimum Gasteiger partial charge on any atom is -0.486 e. The van der Waals surface area contributed by atoms with Gasteiger partial charge in [-0.25, -0.2) is 0 Å². The molecule has 0 aromatic heterocycles. The first-order valence-corrected chi connectivity index (χ1v) is 15.5. The molecule has 0 unspecified atom stereocenters. The molecule has 0 atom stereocenters. The van der Waals surface area contributed by atoms with Crippen LogP contribution in [0.15, 0.2) is 50.8 Å². The Morgan fingerprint density at radius 1 is 1.08 bits per heavy atom. The molecule has 39 heavy (non-hydrogen) atoms. The number of amides is 1. The maximum atomic E-state index is 13.7. The van der Waals surface area contributed by atoms with E-state index >= 15 is 0 Å². The summed E-state index contributed by atoms with van der Waals surface area (Å²) in [6, 6.07) is 10.4. The number of aliphatic imine (C=N–C) groups is 1. The molecule has 2 aromatic carbocycles. The lowest BCUT2D eigenvalue weighted by atomic mass is 9.94. The van der Waals surface area contributed by atoms with Crippen LogP contribution in [-0.4, -0.2) is 33.0 Å². The van der Waals surface area contributed by atoms with Crippen molar-refractivity contribution in [1.82, 2.24) is 4.90 Å². The second-order valence-corrected chi connectivity index (χ2v) is 12.6. The molecule has 5 rings (SSSR count). The van der Waals surface area contributed by atoms with E-state index < -0.39 is 4.92 Å². The van der Waals surface area contributed by atoms with Gasteiger partial charge in [0.1, 0.15) is 6.61 Å². The Morgan fingerprint density at radius 3 is 2.38 bits per heavy atom. The van der Waals surface area contributed by atoms with Crippen molar-refractivity contribution in [3.63, 3.8) is 0 Å². The summed E-state index contributed by atoms with van der Waals surface area (Å²) in [5.74, 6) is 0.512. The molecule has 0 bridgehead atoms. The Morgan fingerprint density at radius 2 is 1.74 bits per heavy atom. The number of rotatable bonds is 7. The van der Waals surface area contributed by atoms with Crippen LogP contribution < -0.4 is 4.74 Å². The average Bonchev–Trinajstić information content (AvgIpc) is 3.23. The molecule has 206 valence electrons. The van der Waals surface area contributed by atoms with Gasteiger partial charge in [-0.15, -0.1) is 0 Å². The van der Waals surface area contributed by atoms with E-state index in [9.17, 15) is 14.9 Å². The van der Waals surface area contributed by atoms with E-state index in [0.29, 0.717) is 26.2 Å².